The maximum atomic E-state index is 9.64. The molecule has 2 aliphatic carbocycles. The van der Waals surface area contributed by atoms with E-state index in [9.17, 15) is 5.11 Å². The molecule has 0 bridgehead atoms. The minimum absolute atomic E-state index is 0.0909. The predicted octanol–water partition coefficient (Wildman–Crippen LogP) is 3.27. The first-order chi connectivity index (χ1) is 8.73. The molecule has 3 unspecified atom stereocenters. The molecule has 2 N–H and O–H groups in total. The molecule has 1 saturated carbocycles. The second-order valence-electron chi connectivity index (χ2n) is 6.17. The SMILES string of the molecule is CC1(CO)CCCC1NC1CCCc2sccc21. The molecular weight excluding hydrogens is 242 g/mol. The summed E-state index contributed by atoms with van der Waals surface area (Å²) in [6, 6.07) is 3.30. The maximum absolute atomic E-state index is 9.64. The van der Waals surface area contributed by atoms with Crippen molar-refractivity contribution in [1.82, 2.24) is 5.32 Å². The smallest absolute Gasteiger partial charge is 0.0499 e. The van der Waals surface area contributed by atoms with Crippen molar-refractivity contribution in [2.45, 2.75) is 57.5 Å². The van der Waals surface area contributed by atoms with Crippen molar-refractivity contribution >= 4 is 11.3 Å². The summed E-state index contributed by atoms with van der Waals surface area (Å²) in [5, 5.41) is 15.7. The van der Waals surface area contributed by atoms with E-state index in [2.05, 4.69) is 23.7 Å². The van der Waals surface area contributed by atoms with Crippen LogP contribution in [0.1, 0.15) is 55.5 Å². The Morgan fingerprint density at radius 1 is 1.44 bits per heavy atom. The first-order valence-electron chi connectivity index (χ1n) is 7.16. The van der Waals surface area contributed by atoms with E-state index < -0.39 is 0 Å². The molecule has 1 fully saturated rings. The highest BCUT2D eigenvalue weighted by Gasteiger charge is 2.39. The van der Waals surface area contributed by atoms with Crippen LogP contribution in [0.2, 0.25) is 0 Å². The largest absolute Gasteiger partial charge is 0.396 e. The van der Waals surface area contributed by atoms with Crippen molar-refractivity contribution in [3.8, 4) is 0 Å². The average Bonchev–Trinajstić information content (AvgIpc) is 2.98. The van der Waals surface area contributed by atoms with E-state index in [1.54, 1.807) is 4.88 Å². The number of thiophene rings is 1. The Balaban J connectivity index is 1.75. The van der Waals surface area contributed by atoms with Gasteiger partial charge in [-0.15, -0.1) is 11.3 Å². The van der Waals surface area contributed by atoms with Crippen LogP contribution in [0.25, 0.3) is 0 Å². The summed E-state index contributed by atoms with van der Waals surface area (Å²) in [7, 11) is 0. The van der Waals surface area contributed by atoms with Gasteiger partial charge in [0.1, 0.15) is 0 Å². The molecule has 2 nitrogen and oxygen atoms in total. The minimum Gasteiger partial charge on any atom is -0.396 e. The van der Waals surface area contributed by atoms with Gasteiger partial charge in [0, 0.05) is 29.0 Å². The number of nitrogens with one attached hydrogen (secondary N) is 1. The van der Waals surface area contributed by atoms with Crippen molar-refractivity contribution in [2.24, 2.45) is 5.41 Å². The molecule has 0 radical (unpaired) electrons. The number of hydrogen-bond acceptors (Lipinski definition) is 3. The molecule has 3 atom stereocenters. The van der Waals surface area contributed by atoms with Crippen LogP contribution in [0.5, 0.6) is 0 Å². The zero-order chi connectivity index (χ0) is 12.6. The van der Waals surface area contributed by atoms with Gasteiger partial charge in [-0.1, -0.05) is 13.3 Å². The lowest BCUT2D eigenvalue weighted by molar-refractivity contribution is 0.112. The summed E-state index contributed by atoms with van der Waals surface area (Å²) >= 11 is 1.90. The predicted molar refractivity (Wildman–Crippen MR) is 76.0 cm³/mol. The summed E-state index contributed by atoms with van der Waals surface area (Å²) < 4.78 is 0. The molecular formula is C15H23NOS. The summed E-state index contributed by atoms with van der Waals surface area (Å²) in [5.41, 5.74) is 1.62. The van der Waals surface area contributed by atoms with Gasteiger partial charge in [-0.25, -0.2) is 0 Å². The van der Waals surface area contributed by atoms with Crippen molar-refractivity contribution in [1.29, 1.82) is 0 Å². The van der Waals surface area contributed by atoms with Crippen LogP contribution in [0.15, 0.2) is 11.4 Å². The zero-order valence-electron chi connectivity index (χ0n) is 11.1. The highest BCUT2D eigenvalue weighted by atomic mass is 32.1. The molecule has 3 rings (SSSR count). The van der Waals surface area contributed by atoms with Gasteiger partial charge < -0.3 is 10.4 Å². The van der Waals surface area contributed by atoms with Crippen molar-refractivity contribution in [3.05, 3.63) is 21.9 Å². The summed E-state index contributed by atoms with van der Waals surface area (Å²) in [6.45, 7) is 2.54. The summed E-state index contributed by atoms with van der Waals surface area (Å²) in [6.07, 6.45) is 7.43. The Labute approximate surface area is 113 Å². The fourth-order valence-corrected chi connectivity index (χ4v) is 4.60. The number of rotatable bonds is 3. The molecule has 0 aliphatic heterocycles. The Morgan fingerprint density at radius 3 is 3.17 bits per heavy atom. The number of fused-ring (bicyclic) bond motifs is 1. The summed E-state index contributed by atoms with van der Waals surface area (Å²) in [4.78, 5) is 1.57. The van der Waals surface area contributed by atoms with Crippen LogP contribution in [0.3, 0.4) is 0 Å². The van der Waals surface area contributed by atoms with Crippen molar-refractivity contribution in [2.75, 3.05) is 6.61 Å². The molecule has 100 valence electrons. The van der Waals surface area contributed by atoms with Gasteiger partial charge in [-0.05, 0) is 49.1 Å². The average molecular weight is 265 g/mol. The first-order valence-corrected chi connectivity index (χ1v) is 8.04. The maximum Gasteiger partial charge on any atom is 0.0499 e. The third kappa shape index (κ3) is 2.13. The fourth-order valence-electron chi connectivity index (χ4n) is 3.61. The van der Waals surface area contributed by atoms with Crippen molar-refractivity contribution < 1.29 is 5.11 Å². The topological polar surface area (TPSA) is 32.3 Å². The molecule has 18 heavy (non-hydrogen) atoms. The molecule has 0 aromatic carbocycles. The molecule has 0 spiro atoms. The second kappa shape index (κ2) is 4.95. The van der Waals surface area contributed by atoms with E-state index in [1.165, 1.54) is 37.7 Å². The standard InChI is InChI=1S/C15H23NOS/c1-15(10-17)8-3-6-14(15)16-12-4-2-5-13-11(12)7-9-18-13/h7,9,12,14,16-17H,2-6,8,10H2,1H3. The van der Waals surface area contributed by atoms with E-state index in [-0.39, 0.29) is 5.41 Å². The van der Waals surface area contributed by atoms with Gasteiger partial charge in [0.05, 0.1) is 0 Å². The van der Waals surface area contributed by atoms with Crippen LogP contribution >= 0.6 is 11.3 Å². The third-order valence-corrected chi connectivity index (χ3v) is 5.89. The van der Waals surface area contributed by atoms with Crippen LogP contribution in [-0.2, 0) is 6.42 Å². The molecule has 1 heterocycles. The molecule has 0 saturated heterocycles. The van der Waals surface area contributed by atoms with Gasteiger partial charge in [0.25, 0.3) is 0 Å². The molecule has 0 amide bonds. The molecule has 1 aromatic rings. The van der Waals surface area contributed by atoms with Gasteiger partial charge in [0.2, 0.25) is 0 Å². The van der Waals surface area contributed by atoms with E-state index in [0.29, 0.717) is 18.7 Å². The van der Waals surface area contributed by atoms with Crippen LogP contribution in [0, 0.1) is 5.41 Å². The lowest BCUT2D eigenvalue weighted by atomic mass is 9.84. The number of aliphatic hydroxyl groups is 1. The fraction of sp³-hybridized carbons (Fsp3) is 0.733. The molecule has 1 aromatic heterocycles. The Hall–Kier alpha value is -0.380. The monoisotopic (exact) mass is 265 g/mol. The summed E-state index contributed by atoms with van der Waals surface area (Å²) in [5.74, 6) is 0. The van der Waals surface area contributed by atoms with Gasteiger partial charge in [-0.2, -0.15) is 0 Å². The van der Waals surface area contributed by atoms with Crippen LogP contribution in [0.4, 0.5) is 0 Å². The highest BCUT2D eigenvalue weighted by Crippen LogP contribution is 2.41. The Bertz CT molecular complexity index is 416. The normalized spacial score (nSPS) is 35.7. The highest BCUT2D eigenvalue weighted by molar-refractivity contribution is 7.10. The molecule has 2 aliphatic rings. The lowest BCUT2D eigenvalue weighted by Crippen LogP contribution is -2.44. The van der Waals surface area contributed by atoms with E-state index >= 15 is 0 Å². The Morgan fingerprint density at radius 2 is 2.33 bits per heavy atom. The quantitative estimate of drug-likeness (QED) is 0.879. The van der Waals surface area contributed by atoms with Crippen LogP contribution in [-0.4, -0.2) is 17.8 Å². The number of aliphatic hydroxyl groups excluding tert-OH is 1. The zero-order valence-corrected chi connectivity index (χ0v) is 11.9. The van der Waals surface area contributed by atoms with Crippen molar-refractivity contribution in [3.63, 3.8) is 0 Å². The third-order valence-electron chi connectivity index (χ3n) is 4.90. The lowest BCUT2D eigenvalue weighted by Gasteiger charge is -2.35. The Kier molecular flexibility index (Phi) is 3.48. The van der Waals surface area contributed by atoms with Crippen LogP contribution < -0.4 is 5.32 Å². The molecule has 3 heteroatoms. The van der Waals surface area contributed by atoms with Gasteiger partial charge >= 0.3 is 0 Å². The van der Waals surface area contributed by atoms with Gasteiger partial charge in [0.15, 0.2) is 0 Å². The minimum atomic E-state index is 0.0909. The van der Waals surface area contributed by atoms with E-state index in [4.69, 9.17) is 0 Å². The number of aryl methyl sites for hydroxylation is 1. The number of hydrogen-bond donors (Lipinski definition) is 2. The van der Waals surface area contributed by atoms with E-state index in [1.807, 2.05) is 11.3 Å². The second-order valence-corrected chi connectivity index (χ2v) is 7.17. The van der Waals surface area contributed by atoms with E-state index in [0.717, 1.165) is 6.42 Å². The first kappa shape index (κ1) is 12.6. The van der Waals surface area contributed by atoms with Gasteiger partial charge in [-0.3, -0.25) is 0 Å².